The van der Waals surface area contributed by atoms with Crippen LogP contribution in [-0.2, 0) is 17.1 Å². The molecule has 0 aliphatic heterocycles. The van der Waals surface area contributed by atoms with Crippen molar-refractivity contribution in [3.8, 4) is 10.6 Å². The lowest BCUT2D eigenvalue weighted by Crippen LogP contribution is -2.27. The summed E-state index contributed by atoms with van der Waals surface area (Å²) >= 11 is 1.47. The number of sulfonamides is 1. The van der Waals surface area contributed by atoms with Crippen molar-refractivity contribution in [1.82, 2.24) is 14.5 Å². The summed E-state index contributed by atoms with van der Waals surface area (Å²) < 4.78 is 29.8. The van der Waals surface area contributed by atoms with Gasteiger partial charge >= 0.3 is 0 Å². The number of hydrogen-bond donors (Lipinski definition) is 1. The van der Waals surface area contributed by atoms with Crippen LogP contribution < -0.4 is 4.72 Å². The Hall–Kier alpha value is -1.96. The second kappa shape index (κ2) is 6.27. The van der Waals surface area contributed by atoms with E-state index in [0.717, 1.165) is 10.4 Å². The van der Waals surface area contributed by atoms with E-state index in [1.54, 1.807) is 7.05 Å². The minimum atomic E-state index is -3.67. The van der Waals surface area contributed by atoms with Gasteiger partial charge in [0.25, 0.3) is 0 Å². The number of hydrogen-bond acceptors (Lipinski definition) is 4. The zero-order valence-electron chi connectivity index (χ0n) is 12.8. The van der Waals surface area contributed by atoms with Crippen LogP contribution in [0.4, 0.5) is 0 Å². The number of benzene rings is 1. The molecule has 1 unspecified atom stereocenters. The van der Waals surface area contributed by atoms with Gasteiger partial charge in [0.1, 0.15) is 10.6 Å². The highest BCUT2D eigenvalue weighted by atomic mass is 32.2. The van der Waals surface area contributed by atoms with Crippen LogP contribution in [0.25, 0.3) is 10.6 Å². The van der Waals surface area contributed by atoms with E-state index >= 15 is 0 Å². The average molecular weight is 347 g/mol. The van der Waals surface area contributed by atoms with E-state index in [9.17, 15) is 8.42 Å². The molecule has 0 aliphatic rings. The van der Waals surface area contributed by atoms with Gasteiger partial charge in [-0.25, -0.2) is 13.1 Å². The SMILES string of the molecule is CC(NS(=O)(=O)c1cn(C)nc1-c1cccs1)c1ccccc1. The molecule has 1 atom stereocenters. The first-order valence-electron chi connectivity index (χ1n) is 7.12. The quantitative estimate of drug-likeness (QED) is 0.771. The zero-order valence-corrected chi connectivity index (χ0v) is 14.4. The van der Waals surface area contributed by atoms with Crippen molar-refractivity contribution in [1.29, 1.82) is 0 Å². The summed E-state index contributed by atoms with van der Waals surface area (Å²) in [6, 6.07) is 12.9. The first-order valence-corrected chi connectivity index (χ1v) is 9.48. The zero-order chi connectivity index (χ0) is 16.4. The van der Waals surface area contributed by atoms with Gasteiger partial charge in [-0.05, 0) is 23.9 Å². The van der Waals surface area contributed by atoms with Crippen LogP contribution in [0.15, 0.2) is 58.9 Å². The van der Waals surface area contributed by atoms with Crippen molar-refractivity contribution in [2.45, 2.75) is 17.9 Å². The maximum atomic E-state index is 12.8. The van der Waals surface area contributed by atoms with E-state index < -0.39 is 10.0 Å². The molecule has 0 spiro atoms. The molecule has 23 heavy (non-hydrogen) atoms. The molecule has 2 heterocycles. The summed E-state index contributed by atoms with van der Waals surface area (Å²) in [5, 5.41) is 6.21. The van der Waals surface area contributed by atoms with Gasteiger partial charge in [-0.2, -0.15) is 5.10 Å². The predicted octanol–water partition coefficient (Wildman–Crippen LogP) is 3.19. The smallest absolute Gasteiger partial charge is 0.244 e. The van der Waals surface area contributed by atoms with Crippen LogP contribution in [0.5, 0.6) is 0 Å². The van der Waals surface area contributed by atoms with Gasteiger partial charge in [-0.3, -0.25) is 4.68 Å². The second-order valence-corrected chi connectivity index (χ2v) is 7.88. The van der Waals surface area contributed by atoms with Gasteiger partial charge in [0.2, 0.25) is 10.0 Å². The molecule has 3 aromatic rings. The number of nitrogens with zero attached hydrogens (tertiary/aromatic N) is 2. The summed E-state index contributed by atoms with van der Waals surface area (Å²) in [6.45, 7) is 1.83. The Bertz CT molecular complexity index is 885. The van der Waals surface area contributed by atoms with Crippen molar-refractivity contribution in [3.05, 3.63) is 59.6 Å². The molecular weight excluding hydrogens is 330 g/mol. The molecule has 5 nitrogen and oxygen atoms in total. The molecule has 7 heteroatoms. The second-order valence-electron chi connectivity index (χ2n) is 5.25. The number of nitrogens with one attached hydrogen (secondary N) is 1. The van der Waals surface area contributed by atoms with Crippen LogP contribution in [0.3, 0.4) is 0 Å². The van der Waals surface area contributed by atoms with E-state index in [1.165, 1.54) is 22.2 Å². The van der Waals surface area contributed by atoms with Crippen molar-refractivity contribution in [3.63, 3.8) is 0 Å². The van der Waals surface area contributed by atoms with Gasteiger partial charge in [0.05, 0.1) is 4.88 Å². The molecule has 0 aliphatic carbocycles. The Morgan fingerprint density at radius 2 is 1.91 bits per heavy atom. The largest absolute Gasteiger partial charge is 0.274 e. The lowest BCUT2D eigenvalue weighted by Gasteiger charge is -2.14. The van der Waals surface area contributed by atoms with E-state index in [2.05, 4.69) is 9.82 Å². The molecule has 0 saturated carbocycles. The standard InChI is InChI=1S/C16H17N3O2S2/c1-12(13-7-4-3-5-8-13)18-23(20,21)15-11-19(2)17-16(15)14-9-6-10-22-14/h3-12,18H,1-2H3. The number of aromatic nitrogens is 2. The van der Waals surface area contributed by atoms with Crippen LogP contribution in [-0.4, -0.2) is 18.2 Å². The normalized spacial score (nSPS) is 13.1. The Kier molecular flexibility index (Phi) is 4.34. The maximum absolute atomic E-state index is 12.8. The first kappa shape index (κ1) is 15.9. The highest BCUT2D eigenvalue weighted by Gasteiger charge is 2.25. The Morgan fingerprint density at radius 1 is 1.17 bits per heavy atom. The van der Waals surface area contributed by atoms with E-state index in [4.69, 9.17) is 0 Å². The topological polar surface area (TPSA) is 64.0 Å². The van der Waals surface area contributed by atoms with Crippen molar-refractivity contribution < 1.29 is 8.42 Å². The molecule has 1 aromatic carbocycles. The highest BCUT2D eigenvalue weighted by Crippen LogP contribution is 2.30. The van der Waals surface area contributed by atoms with Crippen LogP contribution in [0.1, 0.15) is 18.5 Å². The maximum Gasteiger partial charge on any atom is 0.244 e. The van der Waals surface area contributed by atoms with E-state index in [-0.39, 0.29) is 10.9 Å². The van der Waals surface area contributed by atoms with Crippen LogP contribution in [0, 0.1) is 0 Å². The molecular formula is C16H17N3O2S2. The van der Waals surface area contributed by atoms with Gasteiger partial charge < -0.3 is 0 Å². The third-order valence-electron chi connectivity index (χ3n) is 3.47. The third kappa shape index (κ3) is 3.36. The molecule has 0 saturated heterocycles. The van der Waals surface area contributed by atoms with Crippen molar-refractivity contribution >= 4 is 21.4 Å². The highest BCUT2D eigenvalue weighted by molar-refractivity contribution is 7.89. The molecule has 3 rings (SSSR count). The van der Waals surface area contributed by atoms with Gasteiger partial charge in [0, 0.05) is 19.3 Å². The van der Waals surface area contributed by atoms with Gasteiger partial charge in [-0.15, -0.1) is 11.3 Å². The molecule has 0 amide bonds. The minimum absolute atomic E-state index is 0.199. The van der Waals surface area contributed by atoms with Gasteiger partial charge in [0.15, 0.2) is 0 Å². The lowest BCUT2D eigenvalue weighted by molar-refractivity contribution is 0.567. The van der Waals surface area contributed by atoms with Crippen molar-refractivity contribution in [2.75, 3.05) is 0 Å². The number of aryl methyl sites for hydroxylation is 1. The van der Waals surface area contributed by atoms with E-state index in [1.807, 2.05) is 54.8 Å². The minimum Gasteiger partial charge on any atom is -0.274 e. The molecule has 120 valence electrons. The summed E-state index contributed by atoms with van der Waals surface area (Å²) in [5.41, 5.74) is 1.40. The summed E-state index contributed by atoms with van der Waals surface area (Å²) in [5.74, 6) is 0. The summed E-state index contributed by atoms with van der Waals surface area (Å²) in [7, 11) is -1.95. The van der Waals surface area contributed by atoms with Crippen LogP contribution >= 0.6 is 11.3 Å². The molecule has 2 aromatic heterocycles. The first-order chi connectivity index (χ1) is 11.0. The number of thiophene rings is 1. The molecule has 1 N–H and O–H groups in total. The third-order valence-corrected chi connectivity index (χ3v) is 5.89. The molecule has 0 radical (unpaired) electrons. The Balaban J connectivity index is 1.95. The van der Waals surface area contributed by atoms with Gasteiger partial charge in [-0.1, -0.05) is 36.4 Å². The van der Waals surface area contributed by atoms with E-state index in [0.29, 0.717) is 5.69 Å². The molecule has 0 fully saturated rings. The average Bonchev–Trinajstić information content (AvgIpc) is 3.17. The molecule has 0 bridgehead atoms. The lowest BCUT2D eigenvalue weighted by atomic mass is 10.1. The Morgan fingerprint density at radius 3 is 2.57 bits per heavy atom. The summed E-state index contributed by atoms with van der Waals surface area (Å²) in [6.07, 6.45) is 1.54. The fourth-order valence-electron chi connectivity index (χ4n) is 2.35. The fourth-order valence-corrected chi connectivity index (χ4v) is 4.57. The van der Waals surface area contributed by atoms with Crippen LogP contribution in [0.2, 0.25) is 0 Å². The Labute approximate surface area is 139 Å². The predicted molar refractivity (Wildman–Crippen MR) is 91.7 cm³/mol. The fraction of sp³-hybridized carbons (Fsp3) is 0.188. The van der Waals surface area contributed by atoms with Crippen molar-refractivity contribution in [2.24, 2.45) is 7.05 Å². The number of rotatable bonds is 5. The summed E-state index contributed by atoms with van der Waals surface area (Å²) in [4.78, 5) is 1.03. The monoisotopic (exact) mass is 347 g/mol.